The number of hydrogen-bond donors (Lipinski definition) is 2. The lowest BCUT2D eigenvalue weighted by atomic mass is 9.87. The Labute approximate surface area is 184 Å². The van der Waals surface area contributed by atoms with E-state index in [0.717, 1.165) is 24.1 Å². The number of nitrogens with zero attached hydrogens (tertiary/aromatic N) is 2. The van der Waals surface area contributed by atoms with Gasteiger partial charge in [0, 0.05) is 18.8 Å². The van der Waals surface area contributed by atoms with Crippen molar-refractivity contribution >= 4 is 18.2 Å². The SMILES string of the molecule is CC1=CNC(C(C)(N)c2ccc(F)cc2)=NC1(C)N1CCc2ccccc2C1C.Cl. The van der Waals surface area contributed by atoms with Crippen molar-refractivity contribution in [3.05, 3.63) is 82.8 Å². The van der Waals surface area contributed by atoms with Gasteiger partial charge >= 0.3 is 0 Å². The number of nitrogens with one attached hydrogen (secondary N) is 1. The lowest BCUT2D eigenvalue weighted by molar-refractivity contribution is 0.0852. The Balaban J connectivity index is 0.00000256. The zero-order chi connectivity index (χ0) is 20.8. The number of rotatable bonds is 3. The molecule has 30 heavy (non-hydrogen) atoms. The highest BCUT2D eigenvalue weighted by atomic mass is 35.5. The molecule has 0 saturated heterocycles. The van der Waals surface area contributed by atoms with E-state index in [1.165, 1.54) is 23.3 Å². The quantitative estimate of drug-likeness (QED) is 0.747. The fraction of sp³-hybridized carbons (Fsp3) is 0.375. The van der Waals surface area contributed by atoms with E-state index in [9.17, 15) is 4.39 Å². The summed E-state index contributed by atoms with van der Waals surface area (Å²) in [5.41, 5.74) is 10.1. The molecule has 3 unspecified atom stereocenters. The fourth-order valence-corrected chi connectivity index (χ4v) is 4.51. The van der Waals surface area contributed by atoms with Crippen LogP contribution in [0.25, 0.3) is 0 Å². The first-order valence-electron chi connectivity index (χ1n) is 10.2. The van der Waals surface area contributed by atoms with Crippen LogP contribution in [0.5, 0.6) is 0 Å². The number of amidine groups is 1. The smallest absolute Gasteiger partial charge is 0.135 e. The van der Waals surface area contributed by atoms with Crippen molar-refractivity contribution in [2.45, 2.75) is 51.4 Å². The molecular formula is C24H30ClFN4. The first-order chi connectivity index (χ1) is 13.7. The van der Waals surface area contributed by atoms with Gasteiger partial charge in [-0.3, -0.25) is 4.90 Å². The van der Waals surface area contributed by atoms with Gasteiger partial charge in [-0.15, -0.1) is 12.4 Å². The van der Waals surface area contributed by atoms with Crippen LogP contribution in [0.3, 0.4) is 0 Å². The van der Waals surface area contributed by atoms with E-state index in [4.69, 9.17) is 10.7 Å². The first-order valence-corrected chi connectivity index (χ1v) is 10.2. The second kappa shape index (κ2) is 8.14. The average Bonchev–Trinajstić information content (AvgIpc) is 2.71. The largest absolute Gasteiger partial charge is 0.348 e. The van der Waals surface area contributed by atoms with E-state index < -0.39 is 11.2 Å². The van der Waals surface area contributed by atoms with E-state index in [1.807, 2.05) is 13.1 Å². The van der Waals surface area contributed by atoms with Crippen LogP contribution in [0.1, 0.15) is 50.4 Å². The molecule has 3 atom stereocenters. The van der Waals surface area contributed by atoms with Crippen LogP contribution >= 0.6 is 12.4 Å². The molecule has 0 aliphatic carbocycles. The summed E-state index contributed by atoms with van der Waals surface area (Å²) in [5, 5.41) is 3.29. The highest BCUT2D eigenvalue weighted by Crippen LogP contribution is 2.40. The molecule has 0 fully saturated rings. The minimum absolute atomic E-state index is 0. The predicted octanol–water partition coefficient (Wildman–Crippen LogP) is 4.66. The molecule has 0 radical (unpaired) electrons. The van der Waals surface area contributed by atoms with Gasteiger partial charge in [-0.1, -0.05) is 36.4 Å². The normalized spacial score (nSPS) is 25.7. The average molecular weight is 429 g/mol. The van der Waals surface area contributed by atoms with Crippen LogP contribution in [0.15, 0.2) is 65.3 Å². The minimum atomic E-state index is -0.858. The van der Waals surface area contributed by atoms with Crippen molar-refractivity contribution in [1.29, 1.82) is 0 Å². The molecule has 160 valence electrons. The second-order valence-corrected chi connectivity index (χ2v) is 8.48. The summed E-state index contributed by atoms with van der Waals surface area (Å²) in [5.74, 6) is 0.410. The number of nitrogens with two attached hydrogens (primary N) is 1. The Morgan fingerprint density at radius 3 is 2.57 bits per heavy atom. The molecule has 0 spiro atoms. The van der Waals surface area contributed by atoms with E-state index in [2.05, 4.69) is 55.3 Å². The Morgan fingerprint density at radius 1 is 1.20 bits per heavy atom. The van der Waals surface area contributed by atoms with Crippen molar-refractivity contribution in [3.63, 3.8) is 0 Å². The van der Waals surface area contributed by atoms with E-state index in [0.29, 0.717) is 5.84 Å². The third kappa shape index (κ3) is 3.66. The van der Waals surface area contributed by atoms with Gasteiger partial charge in [-0.2, -0.15) is 0 Å². The minimum Gasteiger partial charge on any atom is -0.348 e. The van der Waals surface area contributed by atoms with E-state index in [-0.39, 0.29) is 24.3 Å². The Kier molecular flexibility index (Phi) is 6.10. The van der Waals surface area contributed by atoms with Crippen molar-refractivity contribution < 1.29 is 4.39 Å². The summed E-state index contributed by atoms with van der Waals surface area (Å²) in [6.45, 7) is 9.34. The maximum absolute atomic E-state index is 13.4. The summed E-state index contributed by atoms with van der Waals surface area (Å²) >= 11 is 0. The maximum atomic E-state index is 13.4. The van der Waals surface area contributed by atoms with Gasteiger partial charge in [0.1, 0.15) is 17.3 Å². The molecule has 2 aromatic carbocycles. The van der Waals surface area contributed by atoms with Gasteiger partial charge in [0.25, 0.3) is 0 Å². The number of benzene rings is 2. The maximum Gasteiger partial charge on any atom is 0.135 e. The molecule has 2 heterocycles. The van der Waals surface area contributed by atoms with Crippen molar-refractivity contribution in [1.82, 2.24) is 10.2 Å². The zero-order valence-corrected chi connectivity index (χ0v) is 18.8. The number of halogens is 2. The standard InChI is InChI=1S/C24H29FN4.ClH/c1-16-15-27-22(23(3,26)19-9-11-20(25)12-10-19)28-24(16,4)29-14-13-18-7-5-6-8-21(18)17(29)2;/h5-12,15,17H,13-14,26H2,1-4H3,(H,27,28);1H. The topological polar surface area (TPSA) is 53.6 Å². The Bertz CT molecular complexity index is 983. The van der Waals surface area contributed by atoms with Gasteiger partial charge < -0.3 is 11.1 Å². The summed E-state index contributed by atoms with van der Waals surface area (Å²) in [6, 6.07) is 15.2. The van der Waals surface area contributed by atoms with E-state index in [1.54, 1.807) is 12.1 Å². The molecule has 0 saturated carbocycles. The third-order valence-corrected chi connectivity index (χ3v) is 6.59. The van der Waals surface area contributed by atoms with Gasteiger partial charge in [0.15, 0.2) is 0 Å². The molecule has 0 bridgehead atoms. The summed E-state index contributed by atoms with van der Waals surface area (Å²) in [4.78, 5) is 7.60. The number of aliphatic imine (C=N–C) groups is 1. The molecule has 0 aromatic heterocycles. The summed E-state index contributed by atoms with van der Waals surface area (Å²) in [6.07, 6.45) is 3.00. The molecule has 6 heteroatoms. The van der Waals surface area contributed by atoms with Crippen molar-refractivity contribution in [3.8, 4) is 0 Å². The summed E-state index contributed by atoms with van der Waals surface area (Å²) in [7, 11) is 0. The highest BCUT2D eigenvalue weighted by molar-refractivity contribution is 5.94. The van der Waals surface area contributed by atoms with Crippen LogP contribution in [0.4, 0.5) is 4.39 Å². The number of fused-ring (bicyclic) bond motifs is 1. The van der Waals surface area contributed by atoms with Crippen LogP contribution in [-0.2, 0) is 12.0 Å². The fourth-order valence-electron chi connectivity index (χ4n) is 4.51. The molecule has 4 nitrogen and oxygen atoms in total. The summed E-state index contributed by atoms with van der Waals surface area (Å²) < 4.78 is 13.4. The lowest BCUT2D eigenvalue weighted by Gasteiger charge is -2.48. The van der Waals surface area contributed by atoms with Crippen molar-refractivity contribution in [2.75, 3.05) is 6.54 Å². The Hall–Kier alpha value is -2.21. The molecule has 3 N–H and O–H groups in total. The molecule has 2 aliphatic heterocycles. The third-order valence-electron chi connectivity index (χ3n) is 6.59. The highest BCUT2D eigenvalue weighted by Gasteiger charge is 2.43. The van der Waals surface area contributed by atoms with Gasteiger partial charge in [0.2, 0.25) is 0 Å². The molecular weight excluding hydrogens is 399 g/mol. The zero-order valence-electron chi connectivity index (χ0n) is 17.9. The first kappa shape index (κ1) is 22.5. The second-order valence-electron chi connectivity index (χ2n) is 8.48. The molecule has 4 rings (SSSR count). The van der Waals surface area contributed by atoms with Crippen LogP contribution in [-0.4, -0.2) is 22.9 Å². The number of hydrogen-bond acceptors (Lipinski definition) is 4. The molecule has 2 aromatic rings. The predicted molar refractivity (Wildman–Crippen MR) is 123 cm³/mol. The van der Waals surface area contributed by atoms with Crippen LogP contribution < -0.4 is 11.1 Å². The van der Waals surface area contributed by atoms with Crippen LogP contribution in [0, 0.1) is 5.82 Å². The molecule has 2 aliphatic rings. The molecule has 0 amide bonds. The monoisotopic (exact) mass is 428 g/mol. The van der Waals surface area contributed by atoms with Crippen molar-refractivity contribution in [2.24, 2.45) is 10.7 Å². The van der Waals surface area contributed by atoms with E-state index >= 15 is 0 Å². The van der Waals surface area contributed by atoms with Gasteiger partial charge in [-0.25, -0.2) is 9.38 Å². The van der Waals surface area contributed by atoms with Crippen LogP contribution in [0.2, 0.25) is 0 Å². The van der Waals surface area contributed by atoms with Gasteiger partial charge in [0.05, 0.1) is 5.54 Å². The Morgan fingerprint density at radius 2 is 1.87 bits per heavy atom. The van der Waals surface area contributed by atoms with Gasteiger partial charge in [-0.05, 0) is 68.5 Å². The lowest BCUT2D eigenvalue weighted by Crippen LogP contribution is -2.57.